The molecule has 20 heavy (non-hydrogen) atoms. The number of phenolic OH excluding ortho intramolecular Hbond substituents is 1. The lowest BCUT2D eigenvalue weighted by Crippen LogP contribution is -2.42. The van der Waals surface area contributed by atoms with Crippen LogP contribution in [-0.4, -0.2) is 35.7 Å². The van der Waals surface area contributed by atoms with Gasteiger partial charge in [-0.2, -0.15) is 0 Å². The number of rotatable bonds is 5. The van der Waals surface area contributed by atoms with Crippen LogP contribution < -0.4 is 5.32 Å². The molecular formula is C16H23FN2O. The monoisotopic (exact) mass is 278 g/mol. The van der Waals surface area contributed by atoms with Crippen LogP contribution in [0.25, 0.3) is 0 Å². The summed E-state index contributed by atoms with van der Waals surface area (Å²) in [6.45, 7) is 3.99. The number of nitrogens with zero attached hydrogens (tertiary/aromatic N) is 1. The van der Waals surface area contributed by atoms with E-state index in [1.807, 2.05) is 0 Å². The Hall–Kier alpha value is -1.13. The van der Waals surface area contributed by atoms with Crippen molar-refractivity contribution in [2.45, 2.75) is 38.3 Å². The summed E-state index contributed by atoms with van der Waals surface area (Å²) in [4.78, 5) is 2.34. The van der Waals surface area contributed by atoms with Gasteiger partial charge in [-0.1, -0.05) is 0 Å². The number of hydrogen-bond donors (Lipinski definition) is 2. The van der Waals surface area contributed by atoms with Crippen molar-refractivity contribution in [3.8, 4) is 5.75 Å². The zero-order chi connectivity index (χ0) is 13.9. The fourth-order valence-corrected chi connectivity index (χ4v) is 2.93. The molecule has 0 aromatic heterocycles. The number of phenols is 1. The fourth-order valence-electron chi connectivity index (χ4n) is 2.93. The smallest absolute Gasteiger partial charge is 0.127 e. The van der Waals surface area contributed by atoms with Crippen LogP contribution in [0.2, 0.25) is 0 Å². The molecule has 1 heterocycles. The molecule has 1 aromatic carbocycles. The second-order valence-corrected chi connectivity index (χ2v) is 6.22. The summed E-state index contributed by atoms with van der Waals surface area (Å²) in [5.41, 5.74) is 0.854. The molecule has 110 valence electrons. The molecule has 0 radical (unpaired) electrons. The second kappa shape index (κ2) is 6.10. The lowest BCUT2D eigenvalue weighted by molar-refractivity contribution is 0.190. The molecule has 2 N–H and O–H groups in total. The molecule has 0 unspecified atom stereocenters. The van der Waals surface area contributed by atoms with E-state index in [4.69, 9.17) is 0 Å². The average molecular weight is 278 g/mol. The number of aromatic hydroxyl groups is 1. The van der Waals surface area contributed by atoms with Crippen LogP contribution in [0.15, 0.2) is 18.2 Å². The first-order chi connectivity index (χ1) is 9.69. The molecule has 2 fully saturated rings. The van der Waals surface area contributed by atoms with Crippen molar-refractivity contribution in [2.75, 3.05) is 19.6 Å². The van der Waals surface area contributed by atoms with E-state index in [1.54, 1.807) is 6.07 Å². The SMILES string of the molecule is Oc1cc(F)cc(CN2CCC(NCC3CC3)CC2)c1. The van der Waals surface area contributed by atoms with E-state index in [2.05, 4.69) is 10.2 Å². The maximum absolute atomic E-state index is 13.2. The maximum Gasteiger partial charge on any atom is 0.127 e. The van der Waals surface area contributed by atoms with Crippen molar-refractivity contribution in [2.24, 2.45) is 5.92 Å². The standard InChI is InChI=1S/C16H23FN2O/c17-14-7-13(8-16(20)9-14)11-19-5-3-15(4-6-19)18-10-12-1-2-12/h7-9,12,15,18,20H,1-6,10-11H2. The topological polar surface area (TPSA) is 35.5 Å². The Morgan fingerprint density at radius 1 is 1.15 bits per heavy atom. The predicted octanol–water partition coefficient (Wildman–Crippen LogP) is 2.50. The Morgan fingerprint density at radius 3 is 2.55 bits per heavy atom. The van der Waals surface area contributed by atoms with Crippen LogP contribution in [0.5, 0.6) is 5.75 Å². The molecular weight excluding hydrogens is 255 g/mol. The van der Waals surface area contributed by atoms with E-state index in [0.717, 1.165) is 50.0 Å². The molecule has 0 bridgehead atoms. The van der Waals surface area contributed by atoms with Gasteiger partial charge in [-0.3, -0.25) is 4.90 Å². The third-order valence-electron chi connectivity index (χ3n) is 4.33. The first kappa shape index (κ1) is 13.8. The van der Waals surface area contributed by atoms with E-state index in [-0.39, 0.29) is 11.6 Å². The van der Waals surface area contributed by atoms with E-state index >= 15 is 0 Å². The summed E-state index contributed by atoms with van der Waals surface area (Å²) in [5.74, 6) is 0.588. The van der Waals surface area contributed by atoms with E-state index in [9.17, 15) is 9.50 Å². The number of benzene rings is 1. The van der Waals surface area contributed by atoms with Gasteiger partial charge >= 0.3 is 0 Å². The largest absolute Gasteiger partial charge is 0.508 e. The van der Waals surface area contributed by atoms with Crippen molar-refractivity contribution in [1.82, 2.24) is 10.2 Å². The van der Waals surface area contributed by atoms with E-state index in [0.29, 0.717) is 6.04 Å². The normalized spacial score (nSPS) is 21.2. The first-order valence-corrected chi connectivity index (χ1v) is 7.63. The minimum atomic E-state index is -0.360. The fraction of sp³-hybridized carbons (Fsp3) is 0.625. The minimum Gasteiger partial charge on any atom is -0.508 e. The van der Waals surface area contributed by atoms with Gasteiger partial charge in [0.2, 0.25) is 0 Å². The Balaban J connectivity index is 1.45. The van der Waals surface area contributed by atoms with Gasteiger partial charge in [0.25, 0.3) is 0 Å². The van der Waals surface area contributed by atoms with Gasteiger partial charge in [0.1, 0.15) is 11.6 Å². The highest BCUT2D eigenvalue weighted by Gasteiger charge is 2.24. The Labute approximate surface area is 119 Å². The van der Waals surface area contributed by atoms with Crippen LogP contribution in [0, 0.1) is 11.7 Å². The molecule has 1 aliphatic heterocycles. The van der Waals surface area contributed by atoms with Crippen molar-refractivity contribution < 1.29 is 9.50 Å². The zero-order valence-electron chi connectivity index (χ0n) is 11.8. The number of hydrogen-bond acceptors (Lipinski definition) is 3. The summed E-state index contributed by atoms with van der Waals surface area (Å²) in [6, 6.07) is 4.96. The van der Waals surface area contributed by atoms with Gasteiger partial charge in [-0.25, -0.2) is 4.39 Å². The molecule has 3 nitrogen and oxygen atoms in total. The summed E-state index contributed by atoms with van der Waals surface area (Å²) >= 11 is 0. The minimum absolute atomic E-state index is 0.0148. The molecule has 0 amide bonds. The predicted molar refractivity (Wildman–Crippen MR) is 77.1 cm³/mol. The highest BCUT2D eigenvalue weighted by Crippen LogP contribution is 2.28. The molecule has 1 aromatic rings. The number of halogens is 1. The second-order valence-electron chi connectivity index (χ2n) is 6.22. The van der Waals surface area contributed by atoms with Gasteiger partial charge in [0, 0.05) is 18.7 Å². The highest BCUT2D eigenvalue weighted by molar-refractivity contribution is 5.28. The molecule has 1 saturated carbocycles. The summed E-state index contributed by atoms with van der Waals surface area (Å²) < 4.78 is 13.2. The van der Waals surface area contributed by atoms with Crippen LogP contribution in [0.4, 0.5) is 4.39 Å². The molecule has 0 atom stereocenters. The summed E-state index contributed by atoms with van der Waals surface area (Å²) in [5, 5.41) is 13.1. The van der Waals surface area contributed by atoms with Gasteiger partial charge in [-0.15, -0.1) is 0 Å². The van der Waals surface area contributed by atoms with Crippen LogP contribution >= 0.6 is 0 Å². The van der Waals surface area contributed by atoms with Crippen LogP contribution in [-0.2, 0) is 6.54 Å². The van der Waals surface area contributed by atoms with Crippen molar-refractivity contribution in [3.05, 3.63) is 29.6 Å². The molecule has 1 saturated heterocycles. The molecule has 3 rings (SSSR count). The van der Waals surface area contributed by atoms with Crippen LogP contribution in [0.1, 0.15) is 31.2 Å². The van der Waals surface area contributed by atoms with Crippen molar-refractivity contribution >= 4 is 0 Å². The first-order valence-electron chi connectivity index (χ1n) is 7.63. The zero-order valence-corrected chi connectivity index (χ0v) is 11.8. The van der Waals surface area contributed by atoms with Crippen molar-refractivity contribution in [1.29, 1.82) is 0 Å². The lowest BCUT2D eigenvalue weighted by Gasteiger charge is -2.32. The van der Waals surface area contributed by atoms with Gasteiger partial charge in [0.15, 0.2) is 0 Å². The Bertz CT molecular complexity index is 434. The highest BCUT2D eigenvalue weighted by atomic mass is 19.1. The van der Waals surface area contributed by atoms with E-state index < -0.39 is 0 Å². The molecule has 2 aliphatic rings. The summed E-state index contributed by atoms with van der Waals surface area (Å²) in [6.07, 6.45) is 5.12. The third kappa shape index (κ3) is 3.93. The lowest BCUT2D eigenvalue weighted by atomic mass is 10.0. The molecule has 1 aliphatic carbocycles. The average Bonchev–Trinajstić information content (AvgIpc) is 3.21. The maximum atomic E-state index is 13.2. The number of likely N-dealkylation sites (tertiary alicyclic amines) is 1. The Morgan fingerprint density at radius 2 is 1.90 bits per heavy atom. The quantitative estimate of drug-likeness (QED) is 0.868. The van der Waals surface area contributed by atoms with Gasteiger partial charge in [-0.05, 0) is 68.9 Å². The molecule has 0 spiro atoms. The number of nitrogens with one attached hydrogen (secondary N) is 1. The molecule has 4 heteroatoms. The van der Waals surface area contributed by atoms with Crippen molar-refractivity contribution in [3.63, 3.8) is 0 Å². The third-order valence-corrected chi connectivity index (χ3v) is 4.33. The summed E-state index contributed by atoms with van der Waals surface area (Å²) in [7, 11) is 0. The number of piperidine rings is 1. The van der Waals surface area contributed by atoms with Gasteiger partial charge < -0.3 is 10.4 Å². The van der Waals surface area contributed by atoms with E-state index in [1.165, 1.54) is 25.5 Å². The Kier molecular flexibility index (Phi) is 4.22. The van der Waals surface area contributed by atoms with Gasteiger partial charge in [0.05, 0.1) is 0 Å². The van der Waals surface area contributed by atoms with Crippen LogP contribution in [0.3, 0.4) is 0 Å².